The number of benzene rings is 1. The van der Waals surface area contributed by atoms with E-state index in [-0.39, 0.29) is 0 Å². The Morgan fingerprint density at radius 1 is 1.56 bits per heavy atom. The number of rotatable bonds is 2. The van der Waals surface area contributed by atoms with Gasteiger partial charge < -0.3 is 10.2 Å². The minimum absolute atomic E-state index is 0.450. The van der Waals surface area contributed by atoms with Crippen molar-refractivity contribution in [1.29, 1.82) is 5.26 Å². The fourth-order valence-corrected chi connectivity index (χ4v) is 2.22. The fraction of sp³-hybridized carbons (Fsp3) is 0.417. The highest BCUT2D eigenvalue weighted by Crippen LogP contribution is 2.26. The molecule has 1 aliphatic rings. The molecule has 4 heteroatoms. The Bertz CT molecular complexity index is 419. The van der Waals surface area contributed by atoms with E-state index in [2.05, 4.69) is 16.3 Å². The molecule has 0 radical (unpaired) electrons. The number of halogens is 1. The summed E-state index contributed by atoms with van der Waals surface area (Å²) in [4.78, 5) is 2.14. The quantitative estimate of drug-likeness (QED) is 0.853. The average Bonchev–Trinajstić information content (AvgIpc) is 2.81. The smallest absolute Gasteiger partial charge is 0.101 e. The van der Waals surface area contributed by atoms with Crippen molar-refractivity contribution in [3.05, 3.63) is 28.8 Å². The predicted molar refractivity (Wildman–Crippen MR) is 65.8 cm³/mol. The molecule has 0 spiro atoms. The summed E-state index contributed by atoms with van der Waals surface area (Å²) in [5.74, 6) is 0. The number of hydrogen-bond acceptors (Lipinski definition) is 3. The van der Waals surface area contributed by atoms with Gasteiger partial charge in [-0.2, -0.15) is 5.26 Å². The minimum Gasteiger partial charge on any atom is -0.369 e. The van der Waals surface area contributed by atoms with Gasteiger partial charge in [0.2, 0.25) is 0 Å². The summed E-state index contributed by atoms with van der Waals surface area (Å²) in [7, 11) is 2.02. The highest BCUT2D eigenvalue weighted by molar-refractivity contribution is 6.30. The second-order valence-electron chi connectivity index (χ2n) is 4.03. The maximum absolute atomic E-state index is 9.07. The summed E-state index contributed by atoms with van der Waals surface area (Å²) < 4.78 is 0. The summed E-state index contributed by atoms with van der Waals surface area (Å²) in [6, 6.07) is 8.04. The molecule has 3 nitrogen and oxygen atoms in total. The van der Waals surface area contributed by atoms with Crippen LogP contribution >= 0.6 is 11.6 Å². The van der Waals surface area contributed by atoms with Gasteiger partial charge in [0.15, 0.2) is 0 Å². The van der Waals surface area contributed by atoms with Crippen molar-refractivity contribution in [2.75, 3.05) is 25.0 Å². The van der Waals surface area contributed by atoms with Gasteiger partial charge in [-0.05, 0) is 31.2 Å². The largest absolute Gasteiger partial charge is 0.369 e. The van der Waals surface area contributed by atoms with Gasteiger partial charge in [0.05, 0.1) is 11.3 Å². The van der Waals surface area contributed by atoms with E-state index < -0.39 is 0 Å². The predicted octanol–water partition coefficient (Wildman–Crippen LogP) is 2.01. The monoisotopic (exact) mass is 235 g/mol. The van der Waals surface area contributed by atoms with Crippen LogP contribution in [0.3, 0.4) is 0 Å². The lowest BCUT2D eigenvalue weighted by Gasteiger charge is -2.26. The van der Waals surface area contributed by atoms with Crippen molar-refractivity contribution in [3.63, 3.8) is 0 Å². The third kappa shape index (κ3) is 2.13. The zero-order valence-corrected chi connectivity index (χ0v) is 9.96. The van der Waals surface area contributed by atoms with Crippen LogP contribution in [0.25, 0.3) is 0 Å². The van der Waals surface area contributed by atoms with Gasteiger partial charge >= 0.3 is 0 Å². The fourth-order valence-electron chi connectivity index (χ4n) is 2.06. The highest BCUT2D eigenvalue weighted by Gasteiger charge is 2.21. The Balaban J connectivity index is 2.31. The third-order valence-corrected chi connectivity index (χ3v) is 3.28. The summed E-state index contributed by atoms with van der Waals surface area (Å²) in [5, 5.41) is 13.1. The molecular formula is C12H14ClN3. The van der Waals surface area contributed by atoms with Crippen molar-refractivity contribution in [1.82, 2.24) is 5.32 Å². The third-order valence-electron chi connectivity index (χ3n) is 3.04. The molecule has 1 aromatic rings. The second kappa shape index (κ2) is 4.73. The molecule has 2 rings (SSSR count). The Labute approximate surface area is 101 Å². The van der Waals surface area contributed by atoms with Crippen molar-refractivity contribution in [2.24, 2.45) is 0 Å². The first-order chi connectivity index (χ1) is 7.72. The molecule has 1 atom stereocenters. The topological polar surface area (TPSA) is 39.1 Å². The van der Waals surface area contributed by atoms with E-state index in [9.17, 15) is 0 Å². The van der Waals surface area contributed by atoms with Crippen LogP contribution in [0.4, 0.5) is 5.69 Å². The van der Waals surface area contributed by atoms with E-state index in [0.29, 0.717) is 16.6 Å². The van der Waals surface area contributed by atoms with Gasteiger partial charge in [0.25, 0.3) is 0 Å². The summed E-state index contributed by atoms with van der Waals surface area (Å²) in [6.45, 7) is 2.01. The highest BCUT2D eigenvalue weighted by atomic mass is 35.5. The van der Waals surface area contributed by atoms with Crippen LogP contribution < -0.4 is 10.2 Å². The molecule has 1 aliphatic heterocycles. The number of hydrogen-bond donors (Lipinski definition) is 1. The molecule has 84 valence electrons. The maximum atomic E-state index is 9.07. The Morgan fingerprint density at radius 3 is 3.00 bits per heavy atom. The van der Waals surface area contributed by atoms with Crippen LogP contribution in [0.2, 0.25) is 5.02 Å². The molecular weight excluding hydrogens is 222 g/mol. The van der Waals surface area contributed by atoms with E-state index in [1.54, 1.807) is 12.1 Å². The molecule has 1 aromatic carbocycles. The molecule has 0 saturated carbocycles. The number of nitriles is 1. The van der Waals surface area contributed by atoms with Crippen molar-refractivity contribution >= 4 is 17.3 Å². The Morgan fingerprint density at radius 2 is 2.38 bits per heavy atom. The number of likely N-dealkylation sites (N-methyl/N-ethyl adjacent to an activating group) is 1. The molecule has 16 heavy (non-hydrogen) atoms. The van der Waals surface area contributed by atoms with E-state index in [4.69, 9.17) is 16.9 Å². The van der Waals surface area contributed by atoms with Crippen LogP contribution in [0.5, 0.6) is 0 Å². The average molecular weight is 236 g/mol. The van der Waals surface area contributed by atoms with Gasteiger partial charge in [0, 0.05) is 24.7 Å². The minimum atomic E-state index is 0.450. The standard InChI is InChI=1S/C12H14ClN3/c1-16(11-4-5-15-8-11)12-6-10(13)3-2-9(12)7-14/h2-3,6,11,15H,4-5,8H2,1H3. The van der Waals surface area contributed by atoms with E-state index in [1.165, 1.54) is 0 Å². The zero-order chi connectivity index (χ0) is 11.5. The first-order valence-corrected chi connectivity index (χ1v) is 5.73. The number of nitrogens with one attached hydrogen (secondary N) is 1. The lowest BCUT2D eigenvalue weighted by Crippen LogP contribution is -2.33. The first-order valence-electron chi connectivity index (χ1n) is 5.35. The van der Waals surface area contributed by atoms with Gasteiger partial charge in [-0.25, -0.2) is 0 Å². The van der Waals surface area contributed by atoms with E-state index in [1.807, 2.05) is 13.1 Å². The van der Waals surface area contributed by atoms with Gasteiger partial charge in [0.1, 0.15) is 6.07 Å². The van der Waals surface area contributed by atoms with Gasteiger partial charge in [-0.3, -0.25) is 0 Å². The number of nitrogens with zero attached hydrogens (tertiary/aromatic N) is 2. The molecule has 1 fully saturated rings. The van der Waals surface area contributed by atoms with Crippen LogP contribution in [0.1, 0.15) is 12.0 Å². The van der Waals surface area contributed by atoms with Gasteiger partial charge in [-0.1, -0.05) is 11.6 Å². The SMILES string of the molecule is CN(c1cc(Cl)ccc1C#N)C1CCNC1. The molecule has 0 aromatic heterocycles. The summed E-state index contributed by atoms with van der Waals surface area (Å²) >= 11 is 5.97. The molecule has 0 aliphatic carbocycles. The van der Waals surface area contributed by atoms with Crippen LogP contribution in [-0.2, 0) is 0 Å². The van der Waals surface area contributed by atoms with E-state index >= 15 is 0 Å². The van der Waals surface area contributed by atoms with Crippen molar-refractivity contribution < 1.29 is 0 Å². The van der Waals surface area contributed by atoms with Crippen molar-refractivity contribution in [3.8, 4) is 6.07 Å². The molecule has 0 bridgehead atoms. The van der Waals surface area contributed by atoms with Crippen LogP contribution in [0.15, 0.2) is 18.2 Å². The molecule has 1 unspecified atom stereocenters. The molecule has 1 heterocycles. The lowest BCUT2D eigenvalue weighted by atomic mass is 10.1. The van der Waals surface area contributed by atoms with Crippen LogP contribution in [-0.4, -0.2) is 26.2 Å². The maximum Gasteiger partial charge on any atom is 0.101 e. The van der Waals surface area contributed by atoms with Crippen molar-refractivity contribution in [2.45, 2.75) is 12.5 Å². The second-order valence-corrected chi connectivity index (χ2v) is 4.47. The summed E-state index contributed by atoms with van der Waals surface area (Å²) in [6.07, 6.45) is 1.11. The zero-order valence-electron chi connectivity index (χ0n) is 9.20. The normalized spacial score (nSPS) is 19.4. The van der Waals surface area contributed by atoms with Crippen LogP contribution in [0, 0.1) is 11.3 Å². The lowest BCUT2D eigenvalue weighted by molar-refractivity contribution is 0.685. The Hall–Kier alpha value is -1.24. The summed E-state index contributed by atoms with van der Waals surface area (Å²) in [5.41, 5.74) is 1.60. The Kier molecular flexibility index (Phi) is 3.33. The van der Waals surface area contributed by atoms with E-state index in [0.717, 1.165) is 25.2 Å². The molecule has 1 N–H and O–H groups in total. The first kappa shape index (κ1) is 11.3. The molecule has 1 saturated heterocycles. The molecule has 0 amide bonds. The number of anilines is 1. The van der Waals surface area contributed by atoms with Gasteiger partial charge in [-0.15, -0.1) is 0 Å².